The molecule has 22 heavy (non-hydrogen) atoms. The highest BCUT2D eigenvalue weighted by atomic mass is 35.5. The van der Waals surface area contributed by atoms with E-state index in [-0.39, 0.29) is 5.75 Å². The zero-order valence-corrected chi connectivity index (χ0v) is 11.8. The lowest BCUT2D eigenvalue weighted by Crippen LogP contribution is -2.22. The summed E-state index contributed by atoms with van der Waals surface area (Å²) in [5.74, 6) is -0.272. The van der Waals surface area contributed by atoms with Crippen LogP contribution in [0.15, 0.2) is 41.4 Å². The van der Waals surface area contributed by atoms with Gasteiger partial charge in [0.05, 0.1) is 11.9 Å². The molecule has 0 N–H and O–H groups in total. The van der Waals surface area contributed by atoms with E-state index >= 15 is 0 Å². The molecule has 0 bridgehead atoms. The normalized spacial score (nSPS) is 13.9. The number of rotatable bonds is 2. The molecule has 1 aliphatic heterocycles. The van der Waals surface area contributed by atoms with Crippen molar-refractivity contribution in [2.45, 2.75) is 6.36 Å². The maximum atomic E-state index is 12.2. The molecule has 0 saturated heterocycles. The topological polar surface area (TPSA) is 37.7 Å². The van der Waals surface area contributed by atoms with E-state index in [9.17, 15) is 13.2 Å². The lowest BCUT2D eigenvalue weighted by molar-refractivity contribution is -0.274. The lowest BCUT2D eigenvalue weighted by atomic mass is 10.2. The summed E-state index contributed by atoms with van der Waals surface area (Å²) in [5, 5.41) is 0.348. The van der Waals surface area contributed by atoms with Gasteiger partial charge < -0.3 is 9.64 Å². The number of aliphatic imine (C=N–C) groups is 1. The van der Waals surface area contributed by atoms with E-state index in [0.717, 1.165) is 5.69 Å². The van der Waals surface area contributed by atoms with Gasteiger partial charge in [0.15, 0.2) is 0 Å². The summed E-state index contributed by atoms with van der Waals surface area (Å²) in [6, 6.07) is 9.00. The second-order valence-electron chi connectivity index (χ2n) is 4.46. The van der Waals surface area contributed by atoms with Crippen LogP contribution in [0.3, 0.4) is 0 Å². The first-order valence-corrected chi connectivity index (χ1v) is 6.60. The lowest BCUT2D eigenvalue weighted by Gasteiger charge is -2.27. The molecule has 114 valence electrons. The van der Waals surface area contributed by atoms with Crippen LogP contribution < -0.4 is 9.64 Å². The van der Waals surface area contributed by atoms with Crippen LogP contribution in [-0.4, -0.2) is 24.2 Å². The SMILES string of the molecule is FC(F)(F)Oc1ccc(N2CN=Cc3nc(Cl)ccc32)cc1. The smallest absolute Gasteiger partial charge is 0.406 e. The van der Waals surface area contributed by atoms with Crippen LogP contribution in [0.1, 0.15) is 5.69 Å². The number of ether oxygens (including phenoxy) is 1. The first kappa shape index (κ1) is 14.6. The molecule has 0 unspecified atom stereocenters. The third-order valence-electron chi connectivity index (χ3n) is 2.98. The van der Waals surface area contributed by atoms with Crippen LogP contribution in [0.2, 0.25) is 5.15 Å². The number of pyridine rings is 1. The Labute approximate surface area is 128 Å². The molecule has 0 fully saturated rings. The highest BCUT2D eigenvalue weighted by molar-refractivity contribution is 6.29. The maximum absolute atomic E-state index is 12.2. The number of hydrogen-bond donors (Lipinski definition) is 0. The monoisotopic (exact) mass is 327 g/mol. The number of hydrogen-bond acceptors (Lipinski definition) is 4. The Kier molecular flexibility index (Phi) is 3.66. The number of nitrogens with zero attached hydrogens (tertiary/aromatic N) is 3. The summed E-state index contributed by atoms with van der Waals surface area (Å²) in [5.41, 5.74) is 2.06. The van der Waals surface area contributed by atoms with Crippen LogP contribution in [0.4, 0.5) is 24.5 Å². The molecule has 8 heteroatoms. The molecule has 1 aromatic heterocycles. The van der Waals surface area contributed by atoms with Crippen molar-refractivity contribution in [2.75, 3.05) is 11.6 Å². The third kappa shape index (κ3) is 3.14. The Bertz CT molecular complexity index is 716. The summed E-state index contributed by atoms with van der Waals surface area (Å²) in [6.45, 7) is 0.343. The molecular weight excluding hydrogens is 319 g/mol. The summed E-state index contributed by atoms with van der Waals surface area (Å²) >= 11 is 5.84. The molecule has 2 aromatic rings. The molecule has 0 atom stereocenters. The molecule has 0 aliphatic carbocycles. The van der Waals surface area contributed by atoms with Crippen molar-refractivity contribution in [1.82, 2.24) is 4.98 Å². The Hall–Kier alpha value is -2.28. The van der Waals surface area contributed by atoms with Gasteiger partial charge >= 0.3 is 6.36 Å². The summed E-state index contributed by atoms with van der Waals surface area (Å²) in [7, 11) is 0. The second kappa shape index (κ2) is 5.49. The molecule has 1 aliphatic rings. The Morgan fingerprint density at radius 2 is 1.82 bits per heavy atom. The van der Waals surface area contributed by atoms with Crippen molar-refractivity contribution in [3.05, 3.63) is 47.2 Å². The van der Waals surface area contributed by atoms with Crippen molar-refractivity contribution in [3.8, 4) is 5.75 Å². The van der Waals surface area contributed by atoms with Crippen LogP contribution >= 0.6 is 11.6 Å². The van der Waals surface area contributed by atoms with Crippen molar-refractivity contribution < 1.29 is 17.9 Å². The van der Waals surface area contributed by atoms with E-state index in [1.54, 1.807) is 18.3 Å². The second-order valence-corrected chi connectivity index (χ2v) is 4.85. The molecule has 3 rings (SSSR count). The zero-order valence-electron chi connectivity index (χ0n) is 11.0. The Morgan fingerprint density at radius 3 is 2.50 bits per heavy atom. The van der Waals surface area contributed by atoms with E-state index in [2.05, 4.69) is 14.7 Å². The summed E-state index contributed by atoms with van der Waals surface area (Å²) in [6.07, 6.45) is -3.09. The number of anilines is 2. The first-order valence-electron chi connectivity index (χ1n) is 6.22. The minimum atomic E-state index is -4.70. The van der Waals surface area contributed by atoms with Gasteiger partial charge in [0, 0.05) is 5.69 Å². The van der Waals surface area contributed by atoms with Gasteiger partial charge in [-0.15, -0.1) is 13.2 Å². The largest absolute Gasteiger partial charge is 0.573 e. The quantitative estimate of drug-likeness (QED) is 0.777. The van der Waals surface area contributed by atoms with Crippen molar-refractivity contribution in [2.24, 2.45) is 4.99 Å². The minimum Gasteiger partial charge on any atom is -0.406 e. The molecule has 4 nitrogen and oxygen atoms in total. The molecule has 2 heterocycles. The summed E-state index contributed by atoms with van der Waals surface area (Å²) in [4.78, 5) is 10.1. The highest BCUT2D eigenvalue weighted by Gasteiger charge is 2.31. The molecule has 0 spiro atoms. The Morgan fingerprint density at radius 1 is 1.09 bits per heavy atom. The number of benzene rings is 1. The Balaban J connectivity index is 1.88. The average molecular weight is 328 g/mol. The fraction of sp³-hybridized carbons (Fsp3) is 0.143. The predicted molar refractivity (Wildman–Crippen MR) is 77.0 cm³/mol. The van der Waals surface area contributed by atoms with Crippen LogP contribution in [0, 0.1) is 0 Å². The number of halogens is 4. The van der Waals surface area contributed by atoms with Crippen LogP contribution in [0.25, 0.3) is 0 Å². The molecule has 0 saturated carbocycles. The fourth-order valence-corrected chi connectivity index (χ4v) is 2.25. The van der Waals surface area contributed by atoms with Gasteiger partial charge in [0.25, 0.3) is 0 Å². The van der Waals surface area contributed by atoms with Gasteiger partial charge in [-0.1, -0.05) is 11.6 Å². The predicted octanol–water partition coefficient (Wildman–Crippen LogP) is 4.16. The number of alkyl halides is 3. The van der Waals surface area contributed by atoms with E-state index < -0.39 is 6.36 Å². The van der Waals surface area contributed by atoms with E-state index in [4.69, 9.17) is 11.6 Å². The number of aromatic nitrogens is 1. The van der Waals surface area contributed by atoms with Gasteiger partial charge in [-0.25, -0.2) is 4.98 Å². The van der Waals surface area contributed by atoms with E-state index in [0.29, 0.717) is 23.2 Å². The van der Waals surface area contributed by atoms with E-state index in [1.165, 1.54) is 24.3 Å². The van der Waals surface area contributed by atoms with Crippen molar-refractivity contribution in [1.29, 1.82) is 0 Å². The van der Waals surface area contributed by atoms with Gasteiger partial charge in [-0.2, -0.15) is 0 Å². The van der Waals surface area contributed by atoms with Gasteiger partial charge in [0.2, 0.25) is 0 Å². The van der Waals surface area contributed by atoms with Crippen molar-refractivity contribution >= 4 is 29.2 Å². The van der Waals surface area contributed by atoms with Gasteiger partial charge in [0.1, 0.15) is 23.3 Å². The first-order chi connectivity index (χ1) is 10.4. The van der Waals surface area contributed by atoms with Gasteiger partial charge in [-0.05, 0) is 36.4 Å². The molecule has 1 aromatic carbocycles. The average Bonchev–Trinajstić information content (AvgIpc) is 2.45. The molecule has 0 radical (unpaired) electrons. The number of fused-ring (bicyclic) bond motifs is 1. The summed E-state index contributed by atoms with van der Waals surface area (Å²) < 4.78 is 40.3. The minimum absolute atomic E-state index is 0.272. The van der Waals surface area contributed by atoms with Crippen LogP contribution in [-0.2, 0) is 0 Å². The zero-order chi connectivity index (χ0) is 15.7. The van der Waals surface area contributed by atoms with E-state index in [1.807, 2.05) is 4.90 Å². The molecular formula is C14H9ClF3N3O. The maximum Gasteiger partial charge on any atom is 0.573 e. The third-order valence-corrected chi connectivity index (χ3v) is 3.19. The van der Waals surface area contributed by atoms with Crippen LogP contribution in [0.5, 0.6) is 5.75 Å². The van der Waals surface area contributed by atoms with Crippen molar-refractivity contribution in [3.63, 3.8) is 0 Å². The standard InChI is InChI=1S/C14H9ClF3N3O/c15-13-6-5-12-11(20-13)7-19-8-21(12)9-1-3-10(4-2-9)22-14(16,17)18/h1-7H,8H2. The highest BCUT2D eigenvalue weighted by Crippen LogP contribution is 2.32. The molecule has 0 amide bonds. The van der Waals surface area contributed by atoms with Gasteiger partial charge in [-0.3, -0.25) is 4.99 Å². The fourth-order valence-electron chi connectivity index (χ4n) is 2.10.